The van der Waals surface area contributed by atoms with Crippen molar-refractivity contribution in [3.8, 4) is 0 Å². The fourth-order valence-electron chi connectivity index (χ4n) is 3.14. The molecule has 2 aromatic rings. The van der Waals surface area contributed by atoms with Gasteiger partial charge in [-0.05, 0) is 19.3 Å². The molecule has 0 aromatic carbocycles. The summed E-state index contributed by atoms with van der Waals surface area (Å²) >= 11 is 0. The molecule has 1 aliphatic carbocycles. The van der Waals surface area contributed by atoms with Gasteiger partial charge in [0.15, 0.2) is 5.82 Å². The maximum atomic E-state index is 4.56. The van der Waals surface area contributed by atoms with Gasteiger partial charge in [0.05, 0.1) is 13.1 Å². The molecule has 1 fully saturated rings. The van der Waals surface area contributed by atoms with Crippen LogP contribution in [-0.4, -0.2) is 35.6 Å². The zero-order chi connectivity index (χ0) is 15.1. The first-order valence-corrected chi connectivity index (χ1v) is 8.28. The van der Waals surface area contributed by atoms with Gasteiger partial charge in [-0.25, -0.2) is 9.67 Å². The lowest BCUT2D eigenvalue weighted by Gasteiger charge is -2.23. The molecule has 1 aliphatic heterocycles. The molecule has 0 bridgehead atoms. The summed E-state index contributed by atoms with van der Waals surface area (Å²) in [4.78, 5) is 4.56. The number of hydrogen-bond donors (Lipinski definition) is 1. The molecule has 0 radical (unpaired) electrons. The molecule has 0 spiro atoms. The van der Waals surface area contributed by atoms with Crippen molar-refractivity contribution in [1.82, 2.24) is 34.8 Å². The lowest BCUT2D eigenvalue weighted by atomic mass is 10.1. The Morgan fingerprint density at radius 1 is 1.23 bits per heavy atom. The smallest absolute Gasteiger partial charge is 0.150 e. The summed E-state index contributed by atoms with van der Waals surface area (Å²) in [6, 6.07) is 0.431. The highest BCUT2D eigenvalue weighted by molar-refractivity contribution is 5.08. The Labute approximate surface area is 130 Å². The second kappa shape index (κ2) is 5.46. The van der Waals surface area contributed by atoms with Crippen LogP contribution < -0.4 is 5.32 Å². The van der Waals surface area contributed by atoms with E-state index in [9.17, 15) is 0 Å². The summed E-state index contributed by atoms with van der Waals surface area (Å²) in [7, 11) is 2.08. The predicted octanol–water partition coefficient (Wildman–Crippen LogP) is 0.951. The Balaban J connectivity index is 1.38. The van der Waals surface area contributed by atoms with Crippen LogP contribution in [0.5, 0.6) is 0 Å². The van der Waals surface area contributed by atoms with Crippen LogP contribution in [0.2, 0.25) is 0 Å². The number of fused-ring (bicyclic) bond motifs is 1. The minimum absolute atomic E-state index is 0.431. The molecule has 1 unspecified atom stereocenters. The molecule has 0 saturated heterocycles. The number of nitrogens with one attached hydrogen (secondary N) is 1. The van der Waals surface area contributed by atoms with Crippen molar-refractivity contribution in [2.45, 2.75) is 64.1 Å². The zero-order valence-electron chi connectivity index (χ0n) is 13.3. The van der Waals surface area contributed by atoms with E-state index >= 15 is 0 Å². The van der Waals surface area contributed by atoms with E-state index in [4.69, 9.17) is 0 Å². The van der Waals surface area contributed by atoms with Gasteiger partial charge in [-0.2, -0.15) is 5.10 Å². The monoisotopic (exact) mass is 301 g/mol. The summed E-state index contributed by atoms with van der Waals surface area (Å²) in [6.07, 6.45) is 5.53. The van der Waals surface area contributed by atoms with Gasteiger partial charge >= 0.3 is 0 Å². The zero-order valence-corrected chi connectivity index (χ0v) is 13.3. The van der Waals surface area contributed by atoms with Crippen LogP contribution in [0.1, 0.15) is 55.4 Å². The Morgan fingerprint density at radius 3 is 2.86 bits per heavy atom. The molecule has 1 atom stereocenters. The van der Waals surface area contributed by atoms with Crippen LogP contribution in [0.4, 0.5) is 0 Å². The summed E-state index contributed by atoms with van der Waals surface area (Å²) in [5.41, 5.74) is 0. The van der Waals surface area contributed by atoms with Gasteiger partial charge in [-0.15, -0.1) is 10.2 Å². The maximum absolute atomic E-state index is 4.56. The van der Waals surface area contributed by atoms with Gasteiger partial charge in [0.1, 0.15) is 17.5 Å². The third-order valence-electron chi connectivity index (χ3n) is 4.71. The van der Waals surface area contributed by atoms with Crippen LogP contribution in [0, 0.1) is 0 Å². The second-order valence-corrected chi connectivity index (χ2v) is 6.40. The molecule has 7 nitrogen and oxygen atoms in total. The lowest BCUT2D eigenvalue weighted by molar-refractivity contribution is 0.353. The summed E-state index contributed by atoms with van der Waals surface area (Å²) in [6.45, 7) is 3.77. The molecule has 7 heteroatoms. The molecule has 118 valence electrons. The van der Waals surface area contributed by atoms with Crippen molar-refractivity contribution in [2.75, 3.05) is 0 Å². The average Bonchev–Trinajstić information content (AvgIpc) is 3.18. The molecular weight excluding hydrogens is 278 g/mol. The number of nitrogens with zero attached hydrogens (tertiary/aromatic N) is 6. The van der Waals surface area contributed by atoms with Gasteiger partial charge < -0.3 is 9.88 Å². The topological polar surface area (TPSA) is 73.5 Å². The molecule has 3 heterocycles. The van der Waals surface area contributed by atoms with Crippen molar-refractivity contribution in [2.24, 2.45) is 7.05 Å². The van der Waals surface area contributed by atoms with Crippen LogP contribution in [0.15, 0.2) is 0 Å². The van der Waals surface area contributed by atoms with Crippen molar-refractivity contribution < 1.29 is 0 Å². The Kier molecular flexibility index (Phi) is 3.44. The summed E-state index contributed by atoms with van der Waals surface area (Å²) in [5.74, 6) is 4.90. The van der Waals surface area contributed by atoms with E-state index in [0.29, 0.717) is 12.0 Å². The SMILES string of the molecule is CCc1nc2n(n1)CC(NCc1nnc(C3CC3)n1C)CC2. The quantitative estimate of drug-likeness (QED) is 0.890. The molecule has 1 N–H and O–H groups in total. The van der Waals surface area contributed by atoms with Crippen molar-refractivity contribution >= 4 is 0 Å². The van der Waals surface area contributed by atoms with Crippen molar-refractivity contribution in [1.29, 1.82) is 0 Å². The third-order valence-corrected chi connectivity index (χ3v) is 4.71. The molecule has 22 heavy (non-hydrogen) atoms. The Morgan fingerprint density at radius 2 is 2.09 bits per heavy atom. The first kappa shape index (κ1) is 13.9. The maximum Gasteiger partial charge on any atom is 0.150 e. The third kappa shape index (κ3) is 2.54. The van der Waals surface area contributed by atoms with E-state index in [1.165, 1.54) is 12.8 Å². The van der Waals surface area contributed by atoms with Gasteiger partial charge in [-0.3, -0.25) is 0 Å². The minimum Gasteiger partial charge on any atom is -0.317 e. The van der Waals surface area contributed by atoms with Crippen LogP contribution >= 0.6 is 0 Å². The predicted molar refractivity (Wildman–Crippen MR) is 81.3 cm³/mol. The molecule has 4 rings (SSSR count). The van der Waals surface area contributed by atoms with E-state index < -0.39 is 0 Å². The molecule has 1 saturated carbocycles. The molecule has 2 aliphatic rings. The fraction of sp³-hybridized carbons (Fsp3) is 0.733. The fourth-order valence-corrected chi connectivity index (χ4v) is 3.14. The van der Waals surface area contributed by atoms with Gasteiger partial charge in [0.25, 0.3) is 0 Å². The van der Waals surface area contributed by atoms with Crippen molar-refractivity contribution in [3.63, 3.8) is 0 Å². The summed E-state index contributed by atoms with van der Waals surface area (Å²) < 4.78 is 4.22. The number of hydrogen-bond acceptors (Lipinski definition) is 5. The van der Waals surface area contributed by atoms with Crippen LogP contribution in [0.25, 0.3) is 0 Å². The van der Waals surface area contributed by atoms with Crippen molar-refractivity contribution in [3.05, 3.63) is 23.3 Å². The van der Waals surface area contributed by atoms with E-state index in [-0.39, 0.29) is 0 Å². The molecule has 2 aromatic heterocycles. The molecule has 0 amide bonds. The van der Waals surface area contributed by atoms with Crippen LogP contribution in [-0.2, 0) is 33.0 Å². The highest BCUT2D eigenvalue weighted by Crippen LogP contribution is 2.38. The highest BCUT2D eigenvalue weighted by Gasteiger charge is 2.29. The largest absolute Gasteiger partial charge is 0.317 e. The number of aryl methyl sites for hydroxylation is 2. The Hall–Kier alpha value is -1.76. The van der Waals surface area contributed by atoms with Crippen LogP contribution in [0.3, 0.4) is 0 Å². The standard InChI is InChI=1S/C15H23N7/c1-3-12-17-13-7-6-11(9-22(13)20-12)16-8-14-18-19-15(21(14)2)10-4-5-10/h10-11,16H,3-9H2,1-2H3. The van der Waals surface area contributed by atoms with E-state index in [0.717, 1.165) is 55.6 Å². The van der Waals surface area contributed by atoms with E-state index in [2.05, 4.69) is 48.8 Å². The lowest BCUT2D eigenvalue weighted by Crippen LogP contribution is -2.38. The Bertz CT molecular complexity index is 667. The summed E-state index contributed by atoms with van der Waals surface area (Å²) in [5, 5.41) is 16.8. The first-order chi connectivity index (χ1) is 10.7. The van der Waals surface area contributed by atoms with Gasteiger partial charge in [0, 0.05) is 31.8 Å². The van der Waals surface area contributed by atoms with E-state index in [1.54, 1.807) is 0 Å². The molecular formula is C15H23N7. The van der Waals surface area contributed by atoms with E-state index in [1.807, 2.05) is 0 Å². The number of rotatable bonds is 5. The van der Waals surface area contributed by atoms with Gasteiger partial charge in [0.2, 0.25) is 0 Å². The number of aromatic nitrogens is 6. The minimum atomic E-state index is 0.431. The second-order valence-electron chi connectivity index (χ2n) is 6.40. The highest BCUT2D eigenvalue weighted by atomic mass is 15.4. The first-order valence-electron chi connectivity index (χ1n) is 8.28. The average molecular weight is 301 g/mol. The normalized spacial score (nSPS) is 21.1. The van der Waals surface area contributed by atoms with Gasteiger partial charge in [-0.1, -0.05) is 6.92 Å².